The molecular weight excluding hydrogens is 344 g/mol. The van der Waals surface area contributed by atoms with Gasteiger partial charge < -0.3 is 9.84 Å². The number of hydrogen-bond acceptors (Lipinski definition) is 5. The maximum atomic E-state index is 9.91. The molecule has 0 amide bonds. The highest BCUT2D eigenvalue weighted by Crippen LogP contribution is 2.35. The molecule has 0 aliphatic rings. The second-order valence-electron chi connectivity index (χ2n) is 3.87. The van der Waals surface area contributed by atoms with E-state index >= 15 is 0 Å². The van der Waals surface area contributed by atoms with Crippen LogP contribution in [-0.2, 0) is 6.42 Å². The van der Waals surface area contributed by atoms with Crippen LogP contribution in [0.15, 0.2) is 21.7 Å². The second kappa shape index (κ2) is 6.19. The summed E-state index contributed by atoms with van der Waals surface area (Å²) in [6.07, 6.45) is 2.30. The molecule has 8 heteroatoms. The molecule has 0 saturated heterocycles. The van der Waals surface area contributed by atoms with Crippen LogP contribution in [0, 0.1) is 4.77 Å². The minimum Gasteiger partial charge on any atom is -0.503 e. The largest absolute Gasteiger partial charge is 0.503 e. The van der Waals surface area contributed by atoms with Gasteiger partial charge in [0.05, 0.1) is 17.8 Å². The van der Waals surface area contributed by atoms with Gasteiger partial charge in [0.15, 0.2) is 17.3 Å². The van der Waals surface area contributed by atoms with Crippen LogP contribution in [0.4, 0.5) is 0 Å². The molecule has 0 fully saturated rings. The number of aromatic hydroxyl groups is 1. The maximum Gasteiger partial charge on any atom is 0.216 e. The molecule has 0 unspecified atom stereocenters. The Balaban J connectivity index is 2.39. The monoisotopic (exact) mass is 356 g/mol. The number of halogens is 1. The van der Waals surface area contributed by atoms with E-state index in [9.17, 15) is 5.11 Å². The van der Waals surface area contributed by atoms with Crippen molar-refractivity contribution < 1.29 is 9.84 Å². The van der Waals surface area contributed by atoms with E-state index < -0.39 is 0 Å². The van der Waals surface area contributed by atoms with Crippen LogP contribution in [-0.4, -0.2) is 33.3 Å². The van der Waals surface area contributed by atoms with Gasteiger partial charge in [-0.2, -0.15) is 14.9 Å². The minimum atomic E-state index is 0.0305. The molecule has 0 spiro atoms. The molecule has 1 heterocycles. The third-order valence-corrected chi connectivity index (χ3v) is 3.77. The SMILES string of the molecule is CCc1n[nH]c(=S)n1/N=C\c1ccc(OC)c(O)c1Br. The van der Waals surface area contributed by atoms with Gasteiger partial charge in [0.25, 0.3) is 0 Å². The number of ether oxygens (including phenoxy) is 1. The van der Waals surface area contributed by atoms with E-state index in [4.69, 9.17) is 17.0 Å². The van der Waals surface area contributed by atoms with Gasteiger partial charge in [-0.1, -0.05) is 6.92 Å². The number of benzene rings is 1. The Morgan fingerprint density at radius 2 is 2.35 bits per heavy atom. The van der Waals surface area contributed by atoms with Crippen LogP contribution < -0.4 is 4.74 Å². The number of nitrogens with zero attached hydrogens (tertiary/aromatic N) is 3. The Hall–Kier alpha value is -1.67. The summed E-state index contributed by atoms with van der Waals surface area (Å²) in [5.74, 6) is 1.16. The Morgan fingerprint density at radius 1 is 1.60 bits per heavy atom. The highest BCUT2D eigenvalue weighted by molar-refractivity contribution is 9.10. The molecule has 0 radical (unpaired) electrons. The predicted molar refractivity (Wildman–Crippen MR) is 82.1 cm³/mol. The van der Waals surface area contributed by atoms with Crippen molar-refractivity contribution in [3.8, 4) is 11.5 Å². The molecule has 0 aliphatic carbocycles. The van der Waals surface area contributed by atoms with Gasteiger partial charge in [0, 0.05) is 12.0 Å². The van der Waals surface area contributed by atoms with Crippen LogP contribution in [0.5, 0.6) is 11.5 Å². The average molecular weight is 357 g/mol. The fourth-order valence-corrected chi connectivity index (χ4v) is 2.25. The fraction of sp³-hybridized carbons (Fsp3) is 0.250. The van der Waals surface area contributed by atoms with Crippen molar-refractivity contribution >= 4 is 34.4 Å². The lowest BCUT2D eigenvalue weighted by molar-refractivity contribution is 0.372. The van der Waals surface area contributed by atoms with Crippen LogP contribution in [0.1, 0.15) is 18.3 Å². The summed E-state index contributed by atoms with van der Waals surface area (Å²) < 4.78 is 7.50. The van der Waals surface area contributed by atoms with Crippen molar-refractivity contribution in [3.63, 3.8) is 0 Å². The molecule has 6 nitrogen and oxygen atoms in total. The van der Waals surface area contributed by atoms with Crippen LogP contribution >= 0.6 is 28.1 Å². The molecule has 2 aromatic rings. The summed E-state index contributed by atoms with van der Waals surface area (Å²) in [6.45, 7) is 1.96. The first kappa shape index (κ1) is 14.7. The Morgan fingerprint density at radius 3 is 3.00 bits per heavy atom. The normalized spacial score (nSPS) is 11.2. The molecule has 0 aliphatic heterocycles. The van der Waals surface area contributed by atoms with Gasteiger partial charge in [-0.3, -0.25) is 5.10 Å². The number of aromatic nitrogens is 3. The highest BCUT2D eigenvalue weighted by Gasteiger charge is 2.09. The number of methoxy groups -OCH3 is 1. The first-order chi connectivity index (χ1) is 9.58. The Labute approximate surface area is 129 Å². The zero-order valence-corrected chi connectivity index (χ0v) is 13.3. The van der Waals surface area contributed by atoms with E-state index in [0.29, 0.717) is 27.0 Å². The lowest BCUT2D eigenvalue weighted by atomic mass is 10.2. The van der Waals surface area contributed by atoms with Gasteiger partial charge >= 0.3 is 0 Å². The highest BCUT2D eigenvalue weighted by atomic mass is 79.9. The zero-order valence-electron chi connectivity index (χ0n) is 10.9. The number of phenols is 1. The molecule has 2 rings (SSSR count). The number of nitrogens with one attached hydrogen (secondary N) is 1. The van der Waals surface area contributed by atoms with Crippen molar-refractivity contribution in [1.29, 1.82) is 0 Å². The lowest BCUT2D eigenvalue weighted by Crippen LogP contribution is -1.98. The molecule has 2 N–H and O–H groups in total. The first-order valence-electron chi connectivity index (χ1n) is 5.84. The van der Waals surface area contributed by atoms with Gasteiger partial charge in [-0.05, 0) is 40.3 Å². The standard InChI is InChI=1S/C12H13BrN4O2S/c1-3-9-15-16-12(20)17(9)14-6-7-4-5-8(19-2)11(18)10(7)13/h4-6,18H,3H2,1-2H3,(H,16,20)/b14-6-. The van der Waals surface area contributed by atoms with Crippen molar-refractivity contribution in [2.75, 3.05) is 7.11 Å². The molecule has 0 atom stereocenters. The third-order valence-electron chi connectivity index (χ3n) is 2.67. The average Bonchev–Trinajstić information content (AvgIpc) is 2.81. The van der Waals surface area contributed by atoms with Gasteiger partial charge in [-0.15, -0.1) is 0 Å². The Kier molecular flexibility index (Phi) is 4.56. The third kappa shape index (κ3) is 2.75. The molecule has 106 valence electrons. The van der Waals surface area contributed by atoms with E-state index in [-0.39, 0.29) is 5.75 Å². The number of phenolic OH excluding ortho intramolecular Hbond substituents is 1. The predicted octanol–water partition coefficient (Wildman–Crippen LogP) is 2.86. The van der Waals surface area contributed by atoms with Crippen LogP contribution in [0.25, 0.3) is 0 Å². The zero-order chi connectivity index (χ0) is 14.7. The molecular formula is C12H13BrN4O2S. The van der Waals surface area contributed by atoms with Crippen molar-refractivity contribution in [1.82, 2.24) is 14.9 Å². The summed E-state index contributed by atoms with van der Waals surface area (Å²) in [6, 6.07) is 3.44. The van der Waals surface area contributed by atoms with E-state index in [0.717, 1.165) is 5.82 Å². The number of rotatable bonds is 4. The van der Waals surface area contributed by atoms with Gasteiger partial charge in [0.2, 0.25) is 4.77 Å². The molecule has 0 saturated carbocycles. The van der Waals surface area contributed by atoms with Crippen LogP contribution in [0.2, 0.25) is 0 Å². The summed E-state index contributed by atoms with van der Waals surface area (Å²) in [4.78, 5) is 0. The van der Waals surface area contributed by atoms with E-state index in [2.05, 4.69) is 31.2 Å². The molecule has 1 aromatic heterocycles. The number of hydrogen-bond donors (Lipinski definition) is 2. The smallest absolute Gasteiger partial charge is 0.216 e. The summed E-state index contributed by atoms with van der Waals surface area (Å²) in [5, 5.41) is 20.9. The van der Waals surface area contributed by atoms with E-state index in [1.54, 1.807) is 23.0 Å². The topological polar surface area (TPSA) is 75.4 Å². The Bertz CT molecular complexity index is 708. The van der Waals surface area contributed by atoms with Gasteiger partial charge in [0.1, 0.15) is 0 Å². The first-order valence-corrected chi connectivity index (χ1v) is 7.04. The van der Waals surface area contributed by atoms with E-state index in [1.807, 2.05) is 6.92 Å². The number of aromatic amines is 1. The summed E-state index contributed by atoms with van der Waals surface area (Å²) >= 11 is 8.41. The lowest BCUT2D eigenvalue weighted by Gasteiger charge is -2.06. The van der Waals surface area contributed by atoms with Crippen LogP contribution in [0.3, 0.4) is 0 Å². The van der Waals surface area contributed by atoms with Gasteiger partial charge in [-0.25, -0.2) is 0 Å². The molecule has 0 bridgehead atoms. The quantitative estimate of drug-likeness (QED) is 0.652. The van der Waals surface area contributed by atoms with Crippen molar-refractivity contribution in [2.24, 2.45) is 5.10 Å². The minimum absolute atomic E-state index is 0.0305. The second-order valence-corrected chi connectivity index (χ2v) is 5.05. The van der Waals surface area contributed by atoms with Crippen molar-refractivity contribution in [2.45, 2.75) is 13.3 Å². The van der Waals surface area contributed by atoms with E-state index in [1.165, 1.54) is 7.11 Å². The van der Waals surface area contributed by atoms with Crippen molar-refractivity contribution in [3.05, 3.63) is 32.8 Å². The number of aryl methyl sites for hydroxylation is 1. The molecule has 20 heavy (non-hydrogen) atoms. The summed E-state index contributed by atoms with van der Waals surface area (Å²) in [5.41, 5.74) is 0.702. The maximum absolute atomic E-state index is 9.91. The fourth-order valence-electron chi connectivity index (χ4n) is 1.62. The molecule has 1 aromatic carbocycles. The summed E-state index contributed by atoms with van der Waals surface area (Å²) in [7, 11) is 1.49. The number of H-pyrrole nitrogens is 1.